The van der Waals surface area contributed by atoms with Crippen molar-refractivity contribution in [2.24, 2.45) is 0 Å². The van der Waals surface area contributed by atoms with E-state index in [2.05, 4.69) is 20.8 Å². The zero-order valence-electron chi connectivity index (χ0n) is 17.4. The second-order valence-electron chi connectivity index (χ2n) is 7.35. The van der Waals surface area contributed by atoms with Gasteiger partial charge in [0.15, 0.2) is 0 Å². The fourth-order valence-corrected chi connectivity index (χ4v) is 4.35. The third-order valence-electron chi connectivity index (χ3n) is 5.12. The van der Waals surface area contributed by atoms with Crippen LogP contribution in [0.4, 0.5) is 20.6 Å². The molecule has 1 aliphatic rings. The molecule has 0 radical (unpaired) electrons. The number of hydrogen-bond donors (Lipinski definition) is 2. The van der Waals surface area contributed by atoms with Crippen LogP contribution in [0, 0.1) is 5.82 Å². The zero-order chi connectivity index (χ0) is 22.5. The molecule has 2 N–H and O–H groups in total. The Morgan fingerprint density at radius 1 is 1.12 bits per heavy atom. The highest BCUT2D eigenvalue weighted by Gasteiger charge is 2.28. The second kappa shape index (κ2) is 9.73. The Labute approximate surface area is 188 Å². The number of carbonyl (C=O) groups excluding carboxylic acids is 2. The monoisotopic (exact) mass is 455 g/mol. The third-order valence-corrected chi connectivity index (χ3v) is 6.20. The van der Waals surface area contributed by atoms with Crippen LogP contribution in [0.15, 0.2) is 48.5 Å². The van der Waals surface area contributed by atoms with Gasteiger partial charge in [-0.15, -0.1) is 10.2 Å². The number of amides is 3. The van der Waals surface area contributed by atoms with E-state index in [0.717, 1.165) is 18.6 Å². The van der Waals surface area contributed by atoms with Crippen molar-refractivity contribution in [3.05, 3.63) is 64.4 Å². The minimum absolute atomic E-state index is 0.00131. The first-order valence-electron chi connectivity index (χ1n) is 10.1. The Bertz CT molecular complexity index is 1100. The molecular weight excluding hydrogens is 433 g/mol. The summed E-state index contributed by atoms with van der Waals surface area (Å²) in [6.45, 7) is 1.13. The minimum atomic E-state index is -0.440. The van der Waals surface area contributed by atoms with Gasteiger partial charge in [0.2, 0.25) is 5.01 Å². The van der Waals surface area contributed by atoms with E-state index in [0.29, 0.717) is 29.5 Å². The number of likely N-dealkylation sites (tertiary alicyclic amines) is 1. The minimum Gasteiger partial charge on any atom is -0.497 e. The van der Waals surface area contributed by atoms with Crippen LogP contribution < -0.4 is 15.4 Å². The lowest BCUT2D eigenvalue weighted by Crippen LogP contribution is -2.41. The fraction of sp³-hybridized carbons (Fsp3) is 0.273. The number of benzene rings is 2. The van der Waals surface area contributed by atoms with E-state index in [1.54, 1.807) is 42.3 Å². The summed E-state index contributed by atoms with van der Waals surface area (Å²) in [5, 5.41) is 14.6. The highest BCUT2D eigenvalue weighted by Crippen LogP contribution is 2.30. The average Bonchev–Trinajstić information content (AvgIpc) is 3.30. The summed E-state index contributed by atoms with van der Waals surface area (Å²) in [7, 11) is 1.59. The van der Waals surface area contributed by atoms with E-state index in [1.807, 2.05) is 0 Å². The van der Waals surface area contributed by atoms with Crippen molar-refractivity contribution in [1.29, 1.82) is 0 Å². The van der Waals surface area contributed by atoms with Gasteiger partial charge in [-0.3, -0.25) is 4.79 Å². The molecule has 0 spiro atoms. The van der Waals surface area contributed by atoms with Gasteiger partial charge in [-0.2, -0.15) is 0 Å². The lowest BCUT2D eigenvalue weighted by atomic mass is 9.99. The van der Waals surface area contributed by atoms with Gasteiger partial charge in [0.05, 0.1) is 7.11 Å². The highest BCUT2D eigenvalue weighted by molar-refractivity contribution is 7.13. The lowest BCUT2D eigenvalue weighted by Gasteiger charge is -2.31. The SMILES string of the molecule is COc1ccc(NC(=O)N2CCC[C@@H](c3nnc(C(=O)Nc4cccc(F)c4)s3)C2)cc1. The van der Waals surface area contributed by atoms with E-state index in [9.17, 15) is 14.0 Å². The van der Waals surface area contributed by atoms with Crippen LogP contribution in [0.3, 0.4) is 0 Å². The van der Waals surface area contributed by atoms with Gasteiger partial charge in [0.25, 0.3) is 5.91 Å². The Morgan fingerprint density at radius 2 is 1.94 bits per heavy atom. The largest absolute Gasteiger partial charge is 0.497 e. The van der Waals surface area contributed by atoms with Crippen LogP contribution in [0.25, 0.3) is 0 Å². The smallest absolute Gasteiger partial charge is 0.321 e. The molecule has 1 saturated heterocycles. The van der Waals surface area contributed by atoms with Gasteiger partial charge in [-0.25, -0.2) is 9.18 Å². The van der Waals surface area contributed by atoms with Gasteiger partial charge in [0, 0.05) is 30.4 Å². The predicted molar refractivity (Wildman–Crippen MR) is 120 cm³/mol. The topological polar surface area (TPSA) is 96.4 Å². The van der Waals surface area contributed by atoms with E-state index in [-0.39, 0.29) is 17.0 Å². The molecule has 1 atom stereocenters. The number of anilines is 2. The number of halogens is 1. The van der Waals surface area contributed by atoms with Crippen LogP contribution in [0.2, 0.25) is 0 Å². The maximum absolute atomic E-state index is 13.3. The first-order chi connectivity index (χ1) is 15.5. The molecule has 32 heavy (non-hydrogen) atoms. The molecular formula is C22H22FN5O3S. The standard InChI is InChI=1S/C22H22FN5O3S/c1-31-18-9-7-16(8-10-18)25-22(30)28-11-3-4-14(13-28)20-26-27-21(32-20)19(29)24-17-6-2-5-15(23)12-17/h2,5-10,12,14H,3-4,11,13H2,1H3,(H,24,29)(H,25,30)/t14-/m1/s1. The van der Waals surface area contributed by atoms with Crippen molar-refractivity contribution in [3.8, 4) is 5.75 Å². The highest BCUT2D eigenvalue weighted by atomic mass is 32.1. The molecule has 0 unspecified atom stereocenters. The number of urea groups is 1. The number of methoxy groups -OCH3 is 1. The Morgan fingerprint density at radius 3 is 2.69 bits per heavy atom. The number of carbonyl (C=O) groups is 2. The number of aromatic nitrogens is 2. The Kier molecular flexibility index (Phi) is 6.60. The van der Waals surface area contributed by atoms with Crippen LogP contribution in [0.5, 0.6) is 5.75 Å². The molecule has 1 aliphatic heterocycles. The average molecular weight is 456 g/mol. The predicted octanol–water partition coefficient (Wildman–Crippen LogP) is 4.35. The number of nitrogens with zero attached hydrogens (tertiary/aromatic N) is 3. The number of hydrogen-bond acceptors (Lipinski definition) is 6. The van der Waals surface area contributed by atoms with Gasteiger partial charge in [-0.1, -0.05) is 17.4 Å². The van der Waals surface area contributed by atoms with E-state index in [1.165, 1.54) is 29.5 Å². The third kappa shape index (κ3) is 5.20. The molecule has 3 aromatic rings. The first-order valence-corrected chi connectivity index (χ1v) is 10.9. The molecule has 4 rings (SSSR count). The van der Waals surface area contributed by atoms with Crippen LogP contribution in [-0.2, 0) is 0 Å². The quantitative estimate of drug-likeness (QED) is 0.596. The maximum Gasteiger partial charge on any atom is 0.321 e. The Hall–Kier alpha value is -3.53. The lowest BCUT2D eigenvalue weighted by molar-refractivity contribution is 0.102. The molecule has 0 bridgehead atoms. The summed E-state index contributed by atoms with van der Waals surface area (Å²) in [5.74, 6) is -0.159. The van der Waals surface area contributed by atoms with Gasteiger partial charge in [-0.05, 0) is 55.3 Å². The van der Waals surface area contributed by atoms with Gasteiger partial charge < -0.3 is 20.3 Å². The van der Waals surface area contributed by atoms with E-state index >= 15 is 0 Å². The molecule has 1 fully saturated rings. The van der Waals surface area contributed by atoms with Crippen molar-refractivity contribution in [2.45, 2.75) is 18.8 Å². The zero-order valence-corrected chi connectivity index (χ0v) is 18.2. The molecule has 0 saturated carbocycles. The number of nitrogens with one attached hydrogen (secondary N) is 2. The number of piperidine rings is 1. The molecule has 2 heterocycles. The summed E-state index contributed by atoms with van der Waals surface area (Å²) in [6, 6.07) is 12.6. The van der Waals surface area contributed by atoms with E-state index in [4.69, 9.17) is 4.74 Å². The molecule has 0 aliphatic carbocycles. The van der Waals surface area contributed by atoms with Crippen molar-refractivity contribution < 1.29 is 18.7 Å². The Balaban J connectivity index is 1.37. The summed E-state index contributed by atoms with van der Waals surface area (Å²) in [6.07, 6.45) is 1.68. The van der Waals surface area contributed by atoms with Crippen molar-refractivity contribution in [1.82, 2.24) is 15.1 Å². The van der Waals surface area contributed by atoms with Crippen LogP contribution in [0.1, 0.15) is 33.6 Å². The molecule has 8 nitrogen and oxygen atoms in total. The molecule has 3 amide bonds. The molecule has 166 valence electrons. The van der Waals surface area contributed by atoms with Gasteiger partial charge >= 0.3 is 6.03 Å². The van der Waals surface area contributed by atoms with E-state index < -0.39 is 11.7 Å². The molecule has 1 aromatic heterocycles. The summed E-state index contributed by atoms with van der Waals surface area (Å²) >= 11 is 1.19. The summed E-state index contributed by atoms with van der Waals surface area (Å²) < 4.78 is 18.5. The number of ether oxygens (including phenoxy) is 1. The van der Waals surface area contributed by atoms with Gasteiger partial charge in [0.1, 0.15) is 16.6 Å². The first kappa shape index (κ1) is 21.7. The van der Waals surface area contributed by atoms with Crippen molar-refractivity contribution in [3.63, 3.8) is 0 Å². The number of rotatable bonds is 5. The summed E-state index contributed by atoms with van der Waals surface area (Å²) in [5.41, 5.74) is 1.04. The molecule has 10 heteroatoms. The fourth-order valence-electron chi connectivity index (χ4n) is 3.48. The van der Waals surface area contributed by atoms with Crippen LogP contribution >= 0.6 is 11.3 Å². The van der Waals surface area contributed by atoms with Crippen molar-refractivity contribution >= 4 is 34.6 Å². The summed E-state index contributed by atoms with van der Waals surface area (Å²) in [4.78, 5) is 26.9. The normalized spacial score (nSPS) is 15.8. The van der Waals surface area contributed by atoms with Crippen molar-refractivity contribution in [2.75, 3.05) is 30.8 Å². The van der Waals surface area contributed by atoms with Crippen LogP contribution in [-0.4, -0.2) is 47.2 Å². The molecule has 2 aromatic carbocycles. The second-order valence-corrected chi connectivity index (χ2v) is 8.36. The maximum atomic E-state index is 13.3.